The highest BCUT2D eigenvalue weighted by Gasteiger charge is 2.51. The Hall–Kier alpha value is -2.60. The first-order valence-electron chi connectivity index (χ1n) is 6.60. The second-order valence-corrected chi connectivity index (χ2v) is 5.57. The number of nitro groups is 1. The Bertz CT molecular complexity index is 823. The van der Waals surface area contributed by atoms with Crippen molar-refractivity contribution >= 4 is 28.9 Å². The van der Waals surface area contributed by atoms with Gasteiger partial charge >= 0.3 is 0 Å². The Morgan fingerprint density at radius 2 is 1.95 bits per heavy atom. The van der Waals surface area contributed by atoms with Crippen LogP contribution in [-0.2, 0) is 4.79 Å². The van der Waals surface area contributed by atoms with E-state index in [0.29, 0.717) is 22.7 Å². The number of β-lactam (4-membered cyclic amide) rings is 1. The number of hydrogen-bond acceptors (Lipinski definition) is 4. The number of carbonyl (C=O) groups is 1. The summed E-state index contributed by atoms with van der Waals surface area (Å²) >= 11 is 6.16. The predicted octanol–water partition coefficient (Wildman–Crippen LogP) is 3.40. The summed E-state index contributed by atoms with van der Waals surface area (Å²) in [6.07, 6.45) is 0. The number of hydrogen-bond donors (Lipinski definition) is 0. The zero-order chi connectivity index (χ0) is 15.4. The maximum Gasteiger partial charge on any atom is 0.270 e. The van der Waals surface area contributed by atoms with E-state index in [4.69, 9.17) is 16.3 Å². The first kappa shape index (κ1) is 13.1. The Morgan fingerprint density at radius 3 is 2.73 bits per heavy atom. The van der Waals surface area contributed by atoms with Gasteiger partial charge in [0.15, 0.2) is 5.75 Å². The minimum Gasteiger partial charge on any atom is -0.455 e. The van der Waals surface area contributed by atoms with Gasteiger partial charge in [0.2, 0.25) is 5.91 Å². The number of benzene rings is 2. The van der Waals surface area contributed by atoms with Gasteiger partial charge in [0.05, 0.1) is 16.7 Å². The van der Waals surface area contributed by atoms with Gasteiger partial charge in [-0.15, -0.1) is 11.6 Å². The summed E-state index contributed by atoms with van der Waals surface area (Å²) in [7, 11) is 0. The van der Waals surface area contributed by atoms with Gasteiger partial charge in [0, 0.05) is 17.7 Å². The summed E-state index contributed by atoms with van der Waals surface area (Å²) < 4.78 is 5.84. The molecule has 0 bridgehead atoms. The molecule has 2 atom stereocenters. The number of nitro benzene ring substituents is 1. The Labute approximate surface area is 130 Å². The molecule has 4 rings (SSSR count). The monoisotopic (exact) mass is 316 g/mol. The summed E-state index contributed by atoms with van der Waals surface area (Å²) in [6.45, 7) is 0. The second kappa shape index (κ2) is 4.45. The van der Waals surface area contributed by atoms with Gasteiger partial charge in [-0.1, -0.05) is 12.1 Å². The molecule has 1 amide bonds. The van der Waals surface area contributed by atoms with Crippen LogP contribution in [0.5, 0.6) is 11.5 Å². The maximum absolute atomic E-state index is 12.1. The molecule has 1 saturated heterocycles. The van der Waals surface area contributed by atoms with Crippen LogP contribution in [0.4, 0.5) is 11.4 Å². The van der Waals surface area contributed by atoms with Gasteiger partial charge in [-0.25, -0.2) is 0 Å². The fourth-order valence-corrected chi connectivity index (χ4v) is 3.21. The van der Waals surface area contributed by atoms with E-state index >= 15 is 0 Å². The number of ether oxygens (including phenoxy) is 1. The van der Waals surface area contributed by atoms with E-state index in [1.54, 1.807) is 30.3 Å². The Balaban J connectivity index is 1.94. The van der Waals surface area contributed by atoms with Gasteiger partial charge in [-0.3, -0.25) is 19.8 Å². The molecule has 0 N–H and O–H groups in total. The summed E-state index contributed by atoms with van der Waals surface area (Å²) in [5, 5.41) is 10.2. The number of halogens is 1. The van der Waals surface area contributed by atoms with E-state index in [0.717, 1.165) is 0 Å². The lowest BCUT2D eigenvalue weighted by atomic mass is 9.92. The maximum atomic E-state index is 12.1. The summed E-state index contributed by atoms with van der Waals surface area (Å²) in [5.74, 6) is 0.766. The number of para-hydroxylation sites is 2. The predicted molar refractivity (Wildman–Crippen MR) is 79.5 cm³/mol. The fraction of sp³-hybridized carbons (Fsp3) is 0.133. The summed E-state index contributed by atoms with van der Waals surface area (Å²) in [4.78, 5) is 24.2. The molecule has 0 saturated carbocycles. The van der Waals surface area contributed by atoms with E-state index in [2.05, 4.69) is 0 Å². The van der Waals surface area contributed by atoms with Crippen LogP contribution in [-0.4, -0.2) is 16.2 Å². The molecule has 0 aliphatic carbocycles. The zero-order valence-corrected chi connectivity index (χ0v) is 11.9. The van der Waals surface area contributed by atoms with E-state index in [9.17, 15) is 14.9 Å². The number of nitrogens with zero attached hydrogens (tertiary/aromatic N) is 2. The lowest BCUT2D eigenvalue weighted by Crippen LogP contribution is -2.56. The van der Waals surface area contributed by atoms with Crippen molar-refractivity contribution in [3.63, 3.8) is 0 Å². The molecule has 7 heteroatoms. The smallest absolute Gasteiger partial charge is 0.270 e. The van der Waals surface area contributed by atoms with Crippen molar-refractivity contribution in [2.45, 2.75) is 11.4 Å². The molecule has 2 heterocycles. The van der Waals surface area contributed by atoms with Crippen LogP contribution < -0.4 is 9.64 Å². The van der Waals surface area contributed by atoms with Gasteiger partial charge in [0.25, 0.3) is 5.69 Å². The molecule has 2 aliphatic rings. The molecule has 0 aromatic heterocycles. The van der Waals surface area contributed by atoms with Crippen molar-refractivity contribution in [2.24, 2.45) is 0 Å². The van der Waals surface area contributed by atoms with Crippen LogP contribution in [0.15, 0.2) is 42.5 Å². The third kappa shape index (κ3) is 1.64. The third-order valence-electron chi connectivity index (χ3n) is 3.90. The lowest BCUT2D eigenvalue weighted by molar-refractivity contribution is -0.385. The number of amides is 1. The molecule has 0 radical (unpaired) electrons. The average molecular weight is 317 g/mol. The number of non-ortho nitro benzene ring substituents is 1. The molecular weight excluding hydrogens is 308 g/mol. The Kier molecular flexibility index (Phi) is 2.65. The van der Waals surface area contributed by atoms with Gasteiger partial charge in [0.1, 0.15) is 11.1 Å². The summed E-state index contributed by atoms with van der Waals surface area (Å²) in [5.41, 5.74) is 1.11. The first-order chi connectivity index (χ1) is 10.6. The highest BCUT2D eigenvalue weighted by Crippen LogP contribution is 2.52. The van der Waals surface area contributed by atoms with Crippen LogP contribution in [0, 0.1) is 10.1 Å². The average Bonchev–Trinajstić information content (AvgIpc) is 2.65. The van der Waals surface area contributed by atoms with Crippen LogP contribution in [0.25, 0.3) is 0 Å². The zero-order valence-electron chi connectivity index (χ0n) is 11.1. The molecule has 22 heavy (non-hydrogen) atoms. The van der Waals surface area contributed by atoms with Gasteiger partial charge in [-0.2, -0.15) is 0 Å². The summed E-state index contributed by atoms with van der Waals surface area (Å²) in [6, 6.07) is 11.0. The normalized spacial score (nSPS) is 21.7. The van der Waals surface area contributed by atoms with Crippen molar-refractivity contribution in [2.75, 3.05) is 4.90 Å². The number of carbonyl (C=O) groups excluding carboxylic acids is 1. The van der Waals surface area contributed by atoms with E-state index < -0.39 is 16.3 Å². The largest absolute Gasteiger partial charge is 0.455 e. The molecule has 1 fully saturated rings. The molecule has 0 spiro atoms. The van der Waals surface area contributed by atoms with Crippen LogP contribution in [0.3, 0.4) is 0 Å². The highest BCUT2D eigenvalue weighted by molar-refractivity contribution is 6.37. The van der Waals surface area contributed by atoms with Crippen molar-refractivity contribution in [3.8, 4) is 11.5 Å². The number of fused-ring (bicyclic) bond motifs is 5. The van der Waals surface area contributed by atoms with Crippen LogP contribution >= 0.6 is 11.6 Å². The fourth-order valence-electron chi connectivity index (χ4n) is 2.85. The van der Waals surface area contributed by atoms with Crippen LogP contribution in [0.1, 0.15) is 11.6 Å². The van der Waals surface area contributed by atoms with Crippen LogP contribution in [0.2, 0.25) is 0 Å². The van der Waals surface area contributed by atoms with Crippen molar-refractivity contribution < 1.29 is 14.5 Å². The molecule has 110 valence electrons. The van der Waals surface area contributed by atoms with Crippen molar-refractivity contribution in [1.29, 1.82) is 0 Å². The van der Waals surface area contributed by atoms with Crippen molar-refractivity contribution in [3.05, 3.63) is 58.1 Å². The highest BCUT2D eigenvalue weighted by atomic mass is 35.5. The minimum absolute atomic E-state index is 0.0588. The molecule has 2 aromatic rings. The molecule has 2 aliphatic heterocycles. The van der Waals surface area contributed by atoms with Gasteiger partial charge in [-0.05, 0) is 18.2 Å². The molecule has 2 aromatic carbocycles. The quantitative estimate of drug-likeness (QED) is 0.350. The SMILES string of the molecule is O=C1[C@@H](Cl)[C@@H]2c3cc([N+](=O)[O-])ccc3Oc3ccccc3N12. The van der Waals surface area contributed by atoms with Crippen molar-refractivity contribution in [1.82, 2.24) is 0 Å². The molecular formula is C15H9ClN2O4. The number of rotatable bonds is 1. The Morgan fingerprint density at radius 1 is 1.18 bits per heavy atom. The third-order valence-corrected chi connectivity index (χ3v) is 4.32. The standard InChI is InChI=1S/C15H9ClN2O4/c16-13-14-9-7-8(18(20)21)5-6-11(9)22-12-4-2-1-3-10(12)17(14)15(13)19/h1-7,13-14H/t13-,14-/m0/s1. The number of anilines is 1. The molecule has 0 unspecified atom stereocenters. The topological polar surface area (TPSA) is 72.7 Å². The minimum atomic E-state index is -0.754. The molecule has 6 nitrogen and oxygen atoms in total. The van der Waals surface area contributed by atoms with E-state index in [-0.39, 0.29) is 11.6 Å². The van der Waals surface area contributed by atoms with E-state index in [1.165, 1.54) is 17.0 Å². The lowest BCUT2D eigenvalue weighted by Gasteiger charge is -2.43. The number of alkyl halides is 1. The second-order valence-electron chi connectivity index (χ2n) is 5.10. The van der Waals surface area contributed by atoms with E-state index in [1.807, 2.05) is 0 Å². The van der Waals surface area contributed by atoms with Gasteiger partial charge < -0.3 is 4.74 Å². The first-order valence-corrected chi connectivity index (χ1v) is 7.04.